The second-order valence-electron chi connectivity index (χ2n) is 6.25. The average molecular weight is 330 g/mol. The quantitative estimate of drug-likeness (QED) is 0.862. The van der Waals surface area contributed by atoms with Crippen molar-refractivity contribution in [1.82, 2.24) is 20.2 Å². The molecule has 2 aliphatic rings. The number of anilines is 2. The van der Waals surface area contributed by atoms with Crippen molar-refractivity contribution >= 4 is 23.1 Å². The van der Waals surface area contributed by atoms with Gasteiger partial charge in [-0.3, -0.25) is 0 Å². The van der Waals surface area contributed by atoms with Crippen LogP contribution < -0.4 is 16.0 Å². The van der Waals surface area contributed by atoms with Gasteiger partial charge in [-0.15, -0.1) is 11.3 Å². The highest BCUT2D eigenvalue weighted by Crippen LogP contribution is 2.33. The minimum absolute atomic E-state index is 0.362. The molecule has 1 saturated heterocycles. The van der Waals surface area contributed by atoms with Gasteiger partial charge in [-0.1, -0.05) is 0 Å². The first-order valence-electron chi connectivity index (χ1n) is 8.10. The maximum atomic E-state index is 5.99. The van der Waals surface area contributed by atoms with E-state index in [1.807, 2.05) is 11.3 Å². The standard InChI is InChI=1S/C16H22N6S/c1-21-4-6-22(7-5-21)15-9-12(19-16(17)20-15)13-8-11-2-3-18-10-14(11)23-13/h8-9,18H,2-7,10H2,1H3,(H2,17,19,20). The van der Waals surface area contributed by atoms with E-state index in [-0.39, 0.29) is 0 Å². The lowest BCUT2D eigenvalue weighted by Gasteiger charge is -2.33. The Morgan fingerprint density at radius 3 is 2.78 bits per heavy atom. The molecule has 0 unspecified atom stereocenters. The summed E-state index contributed by atoms with van der Waals surface area (Å²) < 4.78 is 0. The number of thiophene rings is 1. The summed E-state index contributed by atoms with van der Waals surface area (Å²) in [7, 11) is 2.15. The maximum Gasteiger partial charge on any atom is 0.222 e. The third kappa shape index (κ3) is 3.04. The second kappa shape index (κ2) is 6.07. The van der Waals surface area contributed by atoms with Crippen LogP contribution in [-0.2, 0) is 13.0 Å². The van der Waals surface area contributed by atoms with Gasteiger partial charge in [0.2, 0.25) is 5.95 Å². The fourth-order valence-electron chi connectivity index (χ4n) is 3.16. The van der Waals surface area contributed by atoms with Crippen LogP contribution in [-0.4, -0.2) is 54.6 Å². The summed E-state index contributed by atoms with van der Waals surface area (Å²) in [6.45, 7) is 6.10. The number of aromatic nitrogens is 2. The van der Waals surface area contributed by atoms with Crippen LogP contribution in [0.25, 0.3) is 10.6 Å². The molecule has 0 bridgehead atoms. The summed E-state index contributed by atoms with van der Waals surface area (Å²) in [5, 5.41) is 3.42. The van der Waals surface area contributed by atoms with Gasteiger partial charge in [0.1, 0.15) is 5.82 Å². The number of nitrogens with two attached hydrogens (primary N) is 1. The van der Waals surface area contributed by atoms with E-state index in [0.717, 1.165) is 57.2 Å². The van der Waals surface area contributed by atoms with E-state index in [0.29, 0.717) is 5.95 Å². The first-order chi connectivity index (χ1) is 11.2. The highest BCUT2D eigenvalue weighted by molar-refractivity contribution is 7.15. The molecule has 0 radical (unpaired) electrons. The Kier molecular flexibility index (Phi) is 3.92. The predicted molar refractivity (Wildman–Crippen MR) is 94.9 cm³/mol. The van der Waals surface area contributed by atoms with Crippen LogP contribution in [0.1, 0.15) is 10.4 Å². The van der Waals surface area contributed by atoms with Crippen molar-refractivity contribution in [3.05, 3.63) is 22.6 Å². The van der Waals surface area contributed by atoms with Crippen LogP contribution in [0.2, 0.25) is 0 Å². The highest BCUT2D eigenvalue weighted by Gasteiger charge is 2.19. The number of fused-ring (bicyclic) bond motifs is 1. The van der Waals surface area contributed by atoms with Gasteiger partial charge < -0.3 is 20.9 Å². The Morgan fingerprint density at radius 1 is 1.17 bits per heavy atom. The number of nitrogens with one attached hydrogen (secondary N) is 1. The summed E-state index contributed by atoms with van der Waals surface area (Å²) >= 11 is 1.82. The van der Waals surface area contributed by atoms with Crippen molar-refractivity contribution in [3.8, 4) is 10.6 Å². The number of rotatable bonds is 2. The molecule has 7 heteroatoms. The average Bonchev–Trinajstić information content (AvgIpc) is 2.99. The molecule has 0 aromatic carbocycles. The smallest absolute Gasteiger partial charge is 0.222 e. The Labute approximate surface area is 140 Å². The summed E-state index contributed by atoms with van der Waals surface area (Å²) in [4.78, 5) is 16.2. The van der Waals surface area contributed by atoms with Crippen LogP contribution in [0.4, 0.5) is 11.8 Å². The lowest BCUT2D eigenvalue weighted by Crippen LogP contribution is -2.44. The van der Waals surface area contributed by atoms with Crippen LogP contribution in [0, 0.1) is 0 Å². The number of hydrogen-bond donors (Lipinski definition) is 2. The molecule has 2 aromatic rings. The molecule has 0 spiro atoms. The molecule has 122 valence electrons. The zero-order valence-electron chi connectivity index (χ0n) is 13.4. The van der Waals surface area contributed by atoms with Gasteiger partial charge in [0.25, 0.3) is 0 Å². The fraction of sp³-hybridized carbons (Fsp3) is 0.500. The van der Waals surface area contributed by atoms with Crippen LogP contribution in [0.15, 0.2) is 12.1 Å². The second-order valence-corrected chi connectivity index (χ2v) is 7.38. The minimum Gasteiger partial charge on any atom is -0.368 e. The normalized spacial score (nSPS) is 18.9. The van der Waals surface area contributed by atoms with E-state index in [9.17, 15) is 0 Å². The van der Waals surface area contributed by atoms with Crippen molar-refractivity contribution < 1.29 is 0 Å². The zero-order chi connectivity index (χ0) is 15.8. The fourth-order valence-corrected chi connectivity index (χ4v) is 4.30. The monoisotopic (exact) mass is 330 g/mol. The molecular formula is C16H22N6S. The van der Waals surface area contributed by atoms with E-state index in [2.05, 4.69) is 44.3 Å². The number of hydrogen-bond acceptors (Lipinski definition) is 7. The number of nitrogens with zero attached hydrogens (tertiary/aromatic N) is 4. The summed E-state index contributed by atoms with van der Waals surface area (Å²) in [6.07, 6.45) is 1.09. The predicted octanol–water partition coefficient (Wildman–Crippen LogP) is 1.18. The number of nitrogen functional groups attached to an aromatic ring is 1. The van der Waals surface area contributed by atoms with Gasteiger partial charge in [0.15, 0.2) is 0 Å². The third-order valence-electron chi connectivity index (χ3n) is 4.56. The van der Waals surface area contributed by atoms with E-state index in [4.69, 9.17) is 5.73 Å². The van der Waals surface area contributed by atoms with Crippen LogP contribution in [0.5, 0.6) is 0 Å². The van der Waals surface area contributed by atoms with Crippen molar-refractivity contribution in [2.24, 2.45) is 0 Å². The topological polar surface area (TPSA) is 70.3 Å². The molecule has 3 N–H and O–H groups in total. The molecule has 4 heterocycles. The minimum atomic E-state index is 0.362. The van der Waals surface area contributed by atoms with E-state index < -0.39 is 0 Å². The molecule has 1 fully saturated rings. The SMILES string of the molecule is CN1CCN(c2cc(-c3cc4c(s3)CNCC4)nc(N)n2)CC1. The molecule has 0 saturated carbocycles. The van der Waals surface area contributed by atoms with Gasteiger partial charge in [-0.05, 0) is 31.6 Å². The van der Waals surface area contributed by atoms with Gasteiger partial charge in [-0.25, -0.2) is 4.98 Å². The summed E-state index contributed by atoms with van der Waals surface area (Å²) in [5.74, 6) is 1.31. The van der Waals surface area contributed by atoms with Gasteiger partial charge in [0.05, 0.1) is 10.6 Å². The lowest BCUT2D eigenvalue weighted by atomic mass is 10.1. The van der Waals surface area contributed by atoms with E-state index in [1.165, 1.54) is 15.3 Å². The van der Waals surface area contributed by atoms with Crippen molar-refractivity contribution in [1.29, 1.82) is 0 Å². The molecular weight excluding hydrogens is 308 g/mol. The van der Waals surface area contributed by atoms with E-state index >= 15 is 0 Å². The Hall–Kier alpha value is -1.70. The number of likely N-dealkylation sites (N-methyl/N-ethyl adjacent to an activating group) is 1. The van der Waals surface area contributed by atoms with Crippen molar-refractivity contribution in [2.45, 2.75) is 13.0 Å². The summed E-state index contributed by atoms with van der Waals surface area (Å²) in [6, 6.07) is 4.36. The van der Waals surface area contributed by atoms with Gasteiger partial charge in [-0.2, -0.15) is 4.98 Å². The highest BCUT2D eigenvalue weighted by atomic mass is 32.1. The molecule has 2 aromatic heterocycles. The van der Waals surface area contributed by atoms with Crippen molar-refractivity contribution in [3.63, 3.8) is 0 Å². The zero-order valence-corrected chi connectivity index (χ0v) is 14.2. The van der Waals surface area contributed by atoms with Gasteiger partial charge >= 0.3 is 0 Å². The Bertz CT molecular complexity index is 681. The Balaban J connectivity index is 1.65. The lowest BCUT2D eigenvalue weighted by molar-refractivity contribution is 0.312. The van der Waals surface area contributed by atoms with Crippen molar-refractivity contribution in [2.75, 3.05) is 50.4 Å². The van der Waals surface area contributed by atoms with Gasteiger partial charge in [0, 0.05) is 43.7 Å². The number of piperazine rings is 1. The first kappa shape index (κ1) is 14.9. The molecule has 6 nitrogen and oxygen atoms in total. The molecule has 0 amide bonds. The molecule has 0 aliphatic carbocycles. The first-order valence-corrected chi connectivity index (χ1v) is 8.91. The Morgan fingerprint density at radius 2 is 2.00 bits per heavy atom. The molecule has 2 aliphatic heterocycles. The largest absolute Gasteiger partial charge is 0.368 e. The maximum absolute atomic E-state index is 5.99. The van der Waals surface area contributed by atoms with Crippen LogP contribution in [0.3, 0.4) is 0 Å². The molecule has 23 heavy (non-hydrogen) atoms. The van der Waals surface area contributed by atoms with Crippen LogP contribution >= 0.6 is 11.3 Å². The third-order valence-corrected chi connectivity index (χ3v) is 5.76. The molecule has 4 rings (SSSR count). The van der Waals surface area contributed by atoms with E-state index in [1.54, 1.807) is 0 Å². The summed E-state index contributed by atoms with van der Waals surface area (Å²) in [5.41, 5.74) is 8.38. The molecule has 0 atom stereocenters.